The van der Waals surface area contributed by atoms with Crippen LogP contribution in [-0.4, -0.2) is 27.0 Å². The lowest BCUT2D eigenvalue weighted by Gasteiger charge is -2.15. The Morgan fingerprint density at radius 3 is 2.12 bits per heavy atom. The van der Waals surface area contributed by atoms with Gasteiger partial charge < -0.3 is 4.79 Å². The maximum atomic E-state index is 13.0. The fourth-order valence-corrected chi connectivity index (χ4v) is 4.90. The summed E-state index contributed by atoms with van der Waals surface area (Å²) < 4.78 is 0. The summed E-state index contributed by atoms with van der Waals surface area (Å²) in [5.74, 6) is -0.991. The van der Waals surface area contributed by atoms with Crippen LogP contribution < -0.4 is 0 Å². The van der Waals surface area contributed by atoms with Crippen molar-refractivity contribution in [1.82, 2.24) is 15.0 Å². The van der Waals surface area contributed by atoms with Crippen molar-refractivity contribution in [3.8, 4) is 0 Å². The molecule has 0 amide bonds. The molecule has 0 radical (unpaired) electrons. The van der Waals surface area contributed by atoms with Crippen LogP contribution in [0.15, 0.2) is 16.1 Å². The van der Waals surface area contributed by atoms with Gasteiger partial charge in [0.05, 0.1) is 16.8 Å². The van der Waals surface area contributed by atoms with Crippen molar-refractivity contribution < 1.29 is 9.59 Å². The van der Waals surface area contributed by atoms with Crippen molar-refractivity contribution in [3.05, 3.63) is 48.2 Å². The van der Waals surface area contributed by atoms with Gasteiger partial charge in [-0.15, -0.1) is 34.0 Å². The molecule has 0 spiro atoms. The van der Waals surface area contributed by atoms with Gasteiger partial charge in [0.15, 0.2) is 5.78 Å². The molecule has 0 fully saturated rings. The van der Waals surface area contributed by atoms with Crippen molar-refractivity contribution in [1.29, 1.82) is 0 Å². The second-order valence-corrected chi connectivity index (χ2v) is 8.64. The first-order valence-electron chi connectivity index (χ1n) is 7.73. The van der Waals surface area contributed by atoms with Gasteiger partial charge in [-0.2, -0.15) is 0 Å². The standard InChI is InChI=1S/C17H17N3O2S3/c1-9-6-24-16(18-9)12(5-21)4-13(17-19-10(2)7-25-17)15(22)14-8-23-11(3)20-14/h5-8,12-13H,4H2,1-3H3. The summed E-state index contributed by atoms with van der Waals surface area (Å²) in [5, 5.41) is 7.93. The van der Waals surface area contributed by atoms with E-state index in [9.17, 15) is 9.59 Å². The first-order valence-corrected chi connectivity index (χ1v) is 10.4. The van der Waals surface area contributed by atoms with Crippen LogP contribution >= 0.6 is 34.0 Å². The molecule has 25 heavy (non-hydrogen) atoms. The van der Waals surface area contributed by atoms with Crippen LogP contribution in [0, 0.1) is 20.8 Å². The minimum absolute atomic E-state index is 0.0844. The maximum absolute atomic E-state index is 13.0. The van der Waals surface area contributed by atoms with E-state index < -0.39 is 11.8 Å². The van der Waals surface area contributed by atoms with Gasteiger partial charge in [0.2, 0.25) is 0 Å². The van der Waals surface area contributed by atoms with Crippen LogP contribution in [0.25, 0.3) is 0 Å². The average Bonchev–Trinajstić information content (AvgIpc) is 3.30. The largest absolute Gasteiger partial charge is 0.303 e. The van der Waals surface area contributed by atoms with Crippen LogP contribution in [0.2, 0.25) is 0 Å². The molecule has 130 valence electrons. The molecule has 2 unspecified atom stereocenters. The van der Waals surface area contributed by atoms with Gasteiger partial charge in [-0.3, -0.25) is 4.79 Å². The van der Waals surface area contributed by atoms with Crippen LogP contribution in [-0.2, 0) is 4.79 Å². The highest BCUT2D eigenvalue weighted by Gasteiger charge is 2.31. The molecule has 2 atom stereocenters. The molecule has 0 N–H and O–H groups in total. The molecule has 3 aromatic heterocycles. The summed E-state index contributed by atoms with van der Waals surface area (Å²) in [6.07, 6.45) is 1.24. The van der Waals surface area contributed by atoms with Gasteiger partial charge >= 0.3 is 0 Å². The highest BCUT2D eigenvalue weighted by Crippen LogP contribution is 2.34. The maximum Gasteiger partial charge on any atom is 0.191 e. The average molecular weight is 392 g/mol. The number of ketones is 1. The third-order valence-corrected chi connectivity index (χ3v) is 6.67. The molecule has 8 heteroatoms. The molecule has 3 rings (SSSR count). The lowest BCUT2D eigenvalue weighted by Crippen LogP contribution is -2.17. The predicted molar refractivity (Wildman–Crippen MR) is 101 cm³/mol. The number of rotatable bonds is 7. The zero-order valence-corrected chi connectivity index (χ0v) is 16.5. The number of hydrogen-bond acceptors (Lipinski definition) is 8. The topological polar surface area (TPSA) is 72.8 Å². The number of carbonyl (C=O) groups excluding carboxylic acids is 2. The molecular formula is C17H17N3O2S3. The predicted octanol–water partition coefficient (Wildman–Crippen LogP) is 4.32. The molecule has 5 nitrogen and oxygen atoms in total. The van der Waals surface area contributed by atoms with E-state index in [1.807, 2.05) is 31.5 Å². The molecular weight excluding hydrogens is 374 g/mol. The third kappa shape index (κ3) is 4.08. The summed E-state index contributed by atoms with van der Waals surface area (Å²) in [5.41, 5.74) is 2.20. The molecule has 0 aliphatic carbocycles. The van der Waals surface area contributed by atoms with E-state index in [0.29, 0.717) is 12.1 Å². The molecule has 3 heterocycles. The van der Waals surface area contributed by atoms with E-state index in [1.165, 1.54) is 34.0 Å². The molecule has 0 saturated carbocycles. The Kier molecular flexibility index (Phi) is 5.51. The Morgan fingerprint density at radius 2 is 1.64 bits per heavy atom. The van der Waals surface area contributed by atoms with Gasteiger partial charge in [-0.25, -0.2) is 15.0 Å². The number of aryl methyl sites for hydroxylation is 3. The Morgan fingerprint density at radius 1 is 1.00 bits per heavy atom. The highest BCUT2D eigenvalue weighted by molar-refractivity contribution is 7.10. The van der Waals surface area contributed by atoms with Gasteiger partial charge in [0.25, 0.3) is 0 Å². The summed E-state index contributed by atoms with van der Waals surface area (Å²) in [4.78, 5) is 37.9. The van der Waals surface area contributed by atoms with Crippen LogP contribution in [0.3, 0.4) is 0 Å². The van der Waals surface area contributed by atoms with E-state index in [2.05, 4.69) is 15.0 Å². The second-order valence-electron chi connectivity index (χ2n) is 5.80. The molecule has 0 bridgehead atoms. The van der Waals surface area contributed by atoms with Gasteiger partial charge in [0.1, 0.15) is 22.0 Å². The van der Waals surface area contributed by atoms with Gasteiger partial charge in [0, 0.05) is 27.5 Å². The van der Waals surface area contributed by atoms with E-state index in [-0.39, 0.29) is 5.78 Å². The summed E-state index contributed by atoms with van der Waals surface area (Å²) >= 11 is 4.35. The quantitative estimate of drug-likeness (QED) is 0.443. The lowest BCUT2D eigenvalue weighted by atomic mass is 9.91. The molecule has 3 aromatic rings. The first kappa shape index (κ1) is 18.0. The minimum atomic E-state index is -0.486. The van der Waals surface area contributed by atoms with Crippen molar-refractivity contribution in [2.45, 2.75) is 39.0 Å². The fourth-order valence-electron chi connectivity index (χ4n) is 2.52. The van der Waals surface area contributed by atoms with Crippen LogP contribution in [0.1, 0.15) is 55.2 Å². The Hall–Kier alpha value is -1.77. The lowest BCUT2D eigenvalue weighted by molar-refractivity contribution is -0.109. The highest BCUT2D eigenvalue weighted by atomic mass is 32.1. The van der Waals surface area contributed by atoms with Crippen molar-refractivity contribution in [3.63, 3.8) is 0 Å². The van der Waals surface area contributed by atoms with E-state index in [0.717, 1.165) is 32.7 Å². The number of nitrogens with zero attached hydrogens (tertiary/aromatic N) is 3. The zero-order valence-electron chi connectivity index (χ0n) is 14.1. The van der Waals surface area contributed by atoms with Gasteiger partial charge in [-0.05, 0) is 27.2 Å². The van der Waals surface area contributed by atoms with Crippen LogP contribution in [0.4, 0.5) is 0 Å². The molecule has 0 saturated heterocycles. The Bertz CT molecular complexity index is 896. The number of Topliss-reactive ketones (excluding diaryl/α,β-unsaturated/α-hetero) is 1. The molecule has 0 aliphatic rings. The smallest absolute Gasteiger partial charge is 0.191 e. The Labute approximate surface area is 157 Å². The van der Waals surface area contributed by atoms with Crippen molar-refractivity contribution in [2.24, 2.45) is 0 Å². The summed E-state index contributed by atoms with van der Waals surface area (Å²) in [7, 11) is 0. The van der Waals surface area contributed by atoms with E-state index in [1.54, 1.807) is 5.38 Å². The van der Waals surface area contributed by atoms with E-state index in [4.69, 9.17) is 0 Å². The van der Waals surface area contributed by atoms with Crippen LogP contribution in [0.5, 0.6) is 0 Å². The molecule has 0 aromatic carbocycles. The third-order valence-electron chi connectivity index (χ3n) is 3.73. The molecule has 0 aliphatic heterocycles. The van der Waals surface area contributed by atoms with Crippen molar-refractivity contribution in [2.75, 3.05) is 0 Å². The van der Waals surface area contributed by atoms with E-state index >= 15 is 0 Å². The van der Waals surface area contributed by atoms with Gasteiger partial charge in [-0.1, -0.05) is 0 Å². The number of thiazole rings is 3. The number of aromatic nitrogens is 3. The summed E-state index contributed by atoms with van der Waals surface area (Å²) in [6, 6.07) is 0. The second kappa shape index (κ2) is 7.63. The number of hydrogen-bond donors (Lipinski definition) is 0. The van der Waals surface area contributed by atoms with Crippen molar-refractivity contribution >= 4 is 46.1 Å². The Balaban J connectivity index is 1.93. The summed E-state index contributed by atoms with van der Waals surface area (Å²) in [6.45, 7) is 5.67. The number of aldehydes is 1. The minimum Gasteiger partial charge on any atom is -0.303 e. The normalized spacial score (nSPS) is 13.6. The monoisotopic (exact) mass is 391 g/mol. The first-order chi connectivity index (χ1) is 12.0. The fraction of sp³-hybridized carbons (Fsp3) is 0.353. The number of carbonyl (C=O) groups is 2. The SMILES string of the molecule is Cc1csc(C(C=O)CC(C(=O)c2csc(C)n2)c2nc(C)cs2)n1. The zero-order chi connectivity index (χ0) is 18.0.